The molecule has 0 bridgehead atoms. The van der Waals surface area contributed by atoms with Crippen LogP contribution < -0.4 is 14.8 Å². The molecule has 1 aliphatic rings. The number of aromatic nitrogens is 6. The SMILES string of the molecule is COc1ccc(C2=CC(c3cnc[nH]3)n3nnnc3N2)c(OC)c1. The minimum absolute atomic E-state index is 0.194. The number of nitrogens with zero attached hydrogens (tertiary/aromatic N) is 5. The Bertz CT molecular complexity index is 885. The van der Waals surface area contributed by atoms with Gasteiger partial charge in [0.2, 0.25) is 5.95 Å². The molecule has 0 radical (unpaired) electrons. The summed E-state index contributed by atoms with van der Waals surface area (Å²) >= 11 is 0. The van der Waals surface area contributed by atoms with E-state index in [0.29, 0.717) is 11.7 Å². The van der Waals surface area contributed by atoms with Crippen LogP contribution in [0, 0.1) is 0 Å². The number of rotatable bonds is 4. The first kappa shape index (κ1) is 14.2. The summed E-state index contributed by atoms with van der Waals surface area (Å²) in [6.45, 7) is 0. The number of allylic oxidation sites excluding steroid dienone is 1. The van der Waals surface area contributed by atoms with Gasteiger partial charge in [-0.05, 0) is 28.6 Å². The second-order valence-electron chi connectivity index (χ2n) is 5.17. The van der Waals surface area contributed by atoms with Crippen LogP contribution in [0.25, 0.3) is 5.70 Å². The van der Waals surface area contributed by atoms with Crippen LogP contribution in [0.3, 0.4) is 0 Å². The summed E-state index contributed by atoms with van der Waals surface area (Å²) in [4.78, 5) is 7.19. The summed E-state index contributed by atoms with van der Waals surface area (Å²) in [6.07, 6.45) is 5.39. The molecule has 4 rings (SSSR count). The summed E-state index contributed by atoms with van der Waals surface area (Å²) < 4.78 is 12.4. The van der Waals surface area contributed by atoms with E-state index in [0.717, 1.165) is 22.7 Å². The zero-order chi connectivity index (χ0) is 16.5. The predicted octanol–water partition coefficient (Wildman–Crippen LogP) is 1.47. The Morgan fingerprint density at radius 1 is 1.21 bits per heavy atom. The van der Waals surface area contributed by atoms with Crippen LogP contribution in [0.5, 0.6) is 11.5 Å². The fourth-order valence-corrected chi connectivity index (χ4v) is 2.68. The molecule has 0 aliphatic carbocycles. The lowest BCUT2D eigenvalue weighted by molar-refractivity contribution is 0.393. The Hall–Kier alpha value is -3.36. The number of benzene rings is 1. The zero-order valence-corrected chi connectivity index (χ0v) is 13.1. The van der Waals surface area contributed by atoms with E-state index in [1.165, 1.54) is 0 Å². The lowest BCUT2D eigenvalue weighted by Crippen LogP contribution is -2.20. The molecule has 9 heteroatoms. The van der Waals surface area contributed by atoms with Crippen molar-refractivity contribution < 1.29 is 9.47 Å². The molecule has 1 atom stereocenters. The van der Waals surface area contributed by atoms with Crippen molar-refractivity contribution in [2.24, 2.45) is 0 Å². The minimum atomic E-state index is -0.194. The summed E-state index contributed by atoms with van der Waals surface area (Å²) in [5.41, 5.74) is 2.61. The molecule has 24 heavy (non-hydrogen) atoms. The highest BCUT2D eigenvalue weighted by molar-refractivity contribution is 5.80. The first-order chi connectivity index (χ1) is 11.8. The molecule has 2 aromatic heterocycles. The van der Waals surface area contributed by atoms with Crippen molar-refractivity contribution in [1.29, 1.82) is 0 Å². The predicted molar refractivity (Wildman–Crippen MR) is 85.7 cm³/mol. The lowest BCUT2D eigenvalue weighted by Gasteiger charge is -2.23. The Morgan fingerprint density at radius 3 is 2.88 bits per heavy atom. The van der Waals surface area contributed by atoms with Crippen LogP contribution in [0.15, 0.2) is 36.8 Å². The third-order valence-electron chi connectivity index (χ3n) is 3.86. The first-order valence-electron chi connectivity index (χ1n) is 7.27. The van der Waals surface area contributed by atoms with E-state index < -0.39 is 0 Å². The number of anilines is 1. The van der Waals surface area contributed by atoms with E-state index in [1.807, 2.05) is 24.3 Å². The van der Waals surface area contributed by atoms with Crippen LogP contribution in [0.4, 0.5) is 5.95 Å². The van der Waals surface area contributed by atoms with Gasteiger partial charge in [-0.2, -0.15) is 4.68 Å². The molecular formula is C15H15N7O2. The zero-order valence-electron chi connectivity index (χ0n) is 13.1. The first-order valence-corrected chi connectivity index (χ1v) is 7.27. The number of fused-ring (bicyclic) bond motifs is 1. The van der Waals surface area contributed by atoms with Crippen molar-refractivity contribution in [3.63, 3.8) is 0 Å². The molecule has 0 spiro atoms. The Labute approximate surface area is 137 Å². The molecule has 1 aromatic carbocycles. The van der Waals surface area contributed by atoms with Crippen LogP contribution in [0.2, 0.25) is 0 Å². The van der Waals surface area contributed by atoms with Crippen LogP contribution in [-0.2, 0) is 0 Å². The smallest absolute Gasteiger partial charge is 0.248 e. The van der Waals surface area contributed by atoms with E-state index in [9.17, 15) is 0 Å². The van der Waals surface area contributed by atoms with E-state index in [4.69, 9.17) is 9.47 Å². The second kappa shape index (κ2) is 5.69. The van der Waals surface area contributed by atoms with Gasteiger partial charge < -0.3 is 19.8 Å². The van der Waals surface area contributed by atoms with Crippen molar-refractivity contribution in [3.8, 4) is 11.5 Å². The molecule has 1 unspecified atom stereocenters. The molecule has 2 N–H and O–H groups in total. The van der Waals surface area contributed by atoms with Gasteiger partial charge in [0.05, 0.1) is 38.1 Å². The quantitative estimate of drug-likeness (QED) is 0.748. The van der Waals surface area contributed by atoms with Crippen LogP contribution in [0.1, 0.15) is 17.3 Å². The number of imidazole rings is 1. The van der Waals surface area contributed by atoms with E-state index in [-0.39, 0.29) is 6.04 Å². The monoisotopic (exact) mass is 325 g/mol. The number of ether oxygens (including phenoxy) is 2. The normalized spacial score (nSPS) is 16.1. The van der Waals surface area contributed by atoms with Gasteiger partial charge in [-0.15, -0.1) is 0 Å². The average Bonchev–Trinajstić information content (AvgIpc) is 3.31. The van der Waals surface area contributed by atoms with Crippen molar-refractivity contribution in [2.45, 2.75) is 6.04 Å². The largest absolute Gasteiger partial charge is 0.497 e. The number of methoxy groups -OCH3 is 2. The number of aromatic amines is 1. The summed E-state index contributed by atoms with van der Waals surface area (Å²) in [5, 5.41) is 15.0. The van der Waals surface area contributed by atoms with E-state index >= 15 is 0 Å². The number of tetrazole rings is 1. The van der Waals surface area contributed by atoms with E-state index in [1.54, 1.807) is 31.4 Å². The van der Waals surface area contributed by atoms with Crippen LogP contribution >= 0.6 is 0 Å². The van der Waals surface area contributed by atoms with Gasteiger partial charge in [0.1, 0.15) is 17.5 Å². The third-order valence-corrected chi connectivity index (χ3v) is 3.86. The van der Waals surface area contributed by atoms with Gasteiger partial charge in [0.15, 0.2) is 0 Å². The Kier molecular flexibility index (Phi) is 3.38. The molecule has 3 heterocycles. The molecule has 0 saturated heterocycles. The highest BCUT2D eigenvalue weighted by atomic mass is 16.5. The molecule has 0 saturated carbocycles. The molecule has 3 aromatic rings. The van der Waals surface area contributed by atoms with Gasteiger partial charge in [-0.3, -0.25) is 0 Å². The molecule has 0 amide bonds. The molecule has 9 nitrogen and oxygen atoms in total. The maximum absolute atomic E-state index is 5.50. The summed E-state index contributed by atoms with van der Waals surface area (Å²) in [7, 11) is 3.24. The third kappa shape index (κ3) is 2.26. The highest BCUT2D eigenvalue weighted by Gasteiger charge is 2.26. The van der Waals surface area contributed by atoms with Gasteiger partial charge in [0.25, 0.3) is 0 Å². The second-order valence-corrected chi connectivity index (χ2v) is 5.17. The van der Waals surface area contributed by atoms with Crippen molar-refractivity contribution in [3.05, 3.63) is 48.1 Å². The summed E-state index contributed by atoms with van der Waals surface area (Å²) in [6, 6.07) is 5.45. The molecule has 1 aliphatic heterocycles. The standard InChI is InChI=1S/C15H15N7O2/c1-23-9-3-4-10(14(5-9)24-2)11-6-13(12-7-16-8-17-12)22-15(18-11)19-20-21-22/h3-8,13H,1-2H3,(H,16,17)(H,18,19,21). The number of hydrogen-bond acceptors (Lipinski definition) is 7. The van der Waals surface area contributed by atoms with Crippen molar-refractivity contribution in [1.82, 2.24) is 30.2 Å². The maximum atomic E-state index is 5.50. The van der Waals surface area contributed by atoms with Crippen molar-refractivity contribution in [2.75, 3.05) is 19.5 Å². The van der Waals surface area contributed by atoms with Gasteiger partial charge in [-0.1, -0.05) is 5.10 Å². The molecule has 0 fully saturated rings. The van der Waals surface area contributed by atoms with Crippen LogP contribution in [-0.4, -0.2) is 44.4 Å². The minimum Gasteiger partial charge on any atom is -0.497 e. The molecular weight excluding hydrogens is 310 g/mol. The summed E-state index contributed by atoms with van der Waals surface area (Å²) in [5.74, 6) is 1.96. The Morgan fingerprint density at radius 2 is 2.12 bits per heavy atom. The average molecular weight is 325 g/mol. The maximum Gasteiger partial charge on any atom is 0.248 e. The lowest BCUT2D eigenvalue weighted by atomic mass is 10.0. The highest BCUT2D eigenvalue weighted by Crippen LogP contribution is 2.35. The number of nitrogens with one attached hydrogen (secondary N) is 2. The Balaban J connectivity index is 1.81. The fourth-order valence-electron chi connectivity index (χ4n) is 2.68. The number of H-pyrrole nitrogens is 1. The van der Waals surface area contributed by atoms with Gasteiger partial charge >= 0.3 is 0 Å². The van der Waals surface area contributed by atoms with E-state index in [2.05, 4.69) is 30.8 Å². The topological polar surface area (TPSA) is 103 Å². The van der Waals surface area contributed by atoms with Crippen molar-refractivity contribution >= 4 is 11.6 Å². The molecule has 122 valence electrons. The fraction of sp³-hybridized carbons (Fsp3) is 0.200. The number of hydrogen-bond donors (Lipinski definition) is 2. The van der Waals surface area contributed by atoms with Gasteiger partial charge in [-0.25, -0.2) is 4.98 Å². The van der Waals surface area contributed by atoms with Gasteiger partial charge in [0, 0.05) is 11.6 Å².